The molecule has 0 aliphatic rings. The highest BCUT2D eigenvalue weighted by Gasteiger charge is 2.10. The molecule has 0 heterocycles. The molecule has 2 aromatic rings. The van der Waals surface area contributed by atoms with Crippen LogP contribution in [-0.4, -0.2) is 19.4 Å². The molecule has 0 aromatic heterocycles. The predicted octanol–water partition coefficient (Wildman–Crippen LogP) is 4.78. The monoisotopic (exact) mass is 345 g/mol. The number of halogens is 1. The fourth-order valence-electron chi connectivity index (χ4n) is 2.43. The number of benzene rings is 2. The Labute approximate surface area is 134 Å². The Morgan fingerprint density at radius 1 is 1.14 bits per heavy atom. The van der Waals surface area contributed by atoms with E-state index in [1.54, 1.807) is 0 Å². The first-order chi connectivity index (χ1) is 9.97. The van der Waals surface area contributed by atoms with E-state index in [4.69, 9.17) is 0 Å². The molecule has 3 heteroatoms. The molecule has 0 N–H and O–H groups in total. The Balaban J connectivity index is 2.00. The average Bonchev–Trinajstić information content (AvgIpc) is 2.44. The first-order valence-corrected chi connectivity index (χ1v) is 7.84. The summed E-state index contributed by atoms with van der Waals surface area (Å²) >= 11 is 3.40. The van der Waals surface area contributed by atoms with Crippen LogP contribution in [-0.2, 0) is 0 Å². The van der Waals surface area contributed by atoms with Crippen LogP contribution in [0.1, 0.15) is 27.9 Å². The molecule has 0 fully saturated rings. The summed E-state index contributed by atoms with van der Waals surface area (Å²) in [4.78, 5) is 14.4. The molecule has 2 rings (SSSR count). The van der Waals surface area contributed by atoms with Crippen molar-refractivity contribution in [2.45, 2.75) is 20.3 Å². The van der Waals surface area contributed by atoms with E-state index in [1.165, 1.54) is 16.8 Å². The van der Waals surface area contributed by atoms with Crippen LogP contribution in [0.4, 0.5) is 5.69 Å². The topological polar surface area (TPSA) is 20.3 Å². The Hall–Kier alpha value is -1.61. The molecule has 0 radical (unpaired) electrons. The molecule has 2 nitrogen and oxygen atoms in total. The van der Waals surface area contributed by atoms with Crippen molar-refractivity contribution >= 4 is 27.4 Å². The molecule has 110 valence electrons. The molecule has 0 unspecified atom stereocenters. The minimum absolute atomic E-state index is 0.174. The lowest BCUT2D eigenvalue weighted by atomic mass is 10.1. The highest BCUT2D eigenvalue weighted by atomic mass is 79.9. The number of ketones is 1. The summed E-state index contributed by atoms with van der Waals surface area (Å²) in [5.74, 6) is 0.174. The summed E-state index contributed by atoms with van der Waals surface area (Å²) in [6.07, 6.45) is 0.514. The Morgan fingerprint density at radius 3 is 2.57 bits per heavy atom. The number of Topliss-reactive ketones (excluding diaryl/α,β-unsaturated/α-hetero) is 1. The van der Waals surface area contributed by atoms with Gasteiger partial charge in [-0.05, 0) is 37.6 Å². The highest BCUT2D eigenvalue weighted by Crippen LogP contribution is 2.20. The highest BCUT2D eigenvalue weighted by molar-refractivity contribution is 9.10. The summed E-state index contributed by atoms with van der Waals surface area (Å²) in [6, 6.07) is 14.0. The smallest absolute Gasteiger partial charge is 0.164 e. The number of hydrogen-bond donors (Lipinski definition) is 0. The quantitative estimate of drug-likeness (QED) is 0.727. The third-order valence-electron chi connectivity index (χ3n) is 3.58. The van der Waals surface area contributed by atoms with Crippen LogP contribution >= 0.6 is 15.9 Å². The molecule has 0 saturated carbocycles. The van der Waals surface area contributed by atoms with Gasteiger partial charge in [-0.3, -0.25) is 4.79 Å². The van der Waals surface area contributed by atoms with E-state index in [1.807, 2.05) is 31.3 Å². The zero-order valence-electron chi connectivity index (χ0n) is 12.7. The van der Waals surface area contributed by atoms with Gasteiger partial charge in [0.1, 0.15) is 0 Å². The molecule has 0 bridgehead atoms. The maximum absolute atomic E-state index is 12.2. The normalized spacial score (nSPS) is 10.5. The summed E-state index contributed by atoms with van der Waals surface area (Å²) in [5, 5.41) is 0. The third-order valence-corrected chi connectivity index (χ3v) is 4.08. The van der Waals surface area contributed by atoms with Gasteiger partial charge in [0.05, 0.1) is 0 Å². The van der Waals surface area contributed by atoms with Gasteiger partial charge in [0.15, 0.2) is 5.78 Å². The largest absolute Gasteiger partial charge is 0.374 e. The fraction of sp³-hybridized carbons (Fsp3) is 0.278. The lowest BCUT2D eigenvalue weighted by molar-refractivity contribution is 0.0985. The first kappa shape index (κ1) is 15.8. The van der Waals surface area contributed by atoms with Gasteiger partial charge in [-0.1, -0.05) is 45.8 Å². The average molecular weight is 346 g/mol. The molecule has 21 heavy (non-hydrogen) atoms. The lowest BCUT2D eigenvalue weighted by Crippen LogP contribution is -2.22. The predicted molar refractivity (Wildman–Crippen MR) is 92.3 cm³/mol. The second-order valence-corrected chi connectivity index (χ2v) is 6.31. The van der Waals surface area contributed by atoms with Gasteiger partial charge in [0.2, 0.25) is 0 Å². The molecule has 0 aliphatic heterocycles. The second kappa shape index (κ2) is 6.90. The van der Waals surface area contributed by atoms with E-state index < -0.39 is 0 Å². The molecule has 0 amide bonds. The number of nitrogens with zero attached hydrogens (tertiary/aromatic N) is 1. The molecule has 0 spiro atoms. The molecule has 0 atom stereocenters. The van der Waals surface area contributed by atoms with Gasteiger partial charge < -0.3 is 4.90 Å². The van der Waals surface area contributed by atoms with E-state index in [0.29, 0.717) is 6.42 Å². The van der Waals surface area contributed by atoms with Gasteiger partial charge in [-0.15, -0.1) is 0 Å². The Bertz CT molecular complexity index is 651. The van der Waals surface area contributed by atoms with Gasteiger partial charge in [-0.2, -0.15) is 0 Å². The Kier molecular flexibility index (Phi) is 5.18. The summed E-state index contributed by atoms with van der Waals surface area (Å²) in [5.41, 5.74) is 4.45. The number of carbonyl (C=O) groups excluding carboxylic acids is 1. The summed E-state index contributed by atoms with van der Waals surface area (Å²) in [6.45, 7) is 4.91. The fourth-order valence-corrected chi connectivity index (χ4v) is 2.83. The minimum atomic E-state index is 0.174. The van der Waals surface area contributed by atoms with Crippen molar-refractivity contribution in [3.05, 3.63) is 63.6 Å². The summed E-state index contributed by atoms with van der Waals surface area (Å²) < 4.78 is 0.941. The van der Waals surface area contributed by atoms with Crippen LogP contribution in [0.5, 0.6) is 0 Å². The molecule has 0 aliphatic carbocycles. The molecular weight excluding hydrogens is 326 g/mol. The van der Waals surface area contributed by atoms with Gasteiger partial charge in [0.25, 0.3) is 0 Å². The van der Waals surface area contributed by atoms with E-state index in [0.717, 1.165) is 16.6 Å². The molecule has 0 saturated heterocycles. The minimum Gasteiger partial charge on any atom is -0.374 e. The Morgan fingerprint density at radius 2 is 1.90 bits per heavy atom. The first-order valence-electron chi connectivity index (χ1n) is 7.04. The van der Waals surface area contributed by atoms with Crippen LogP contribution in [0.25, 0.3) is 0 Å². The standard InChI is InChI=1S/C18H20BrNO/c1-13-7-8-17(14(2)11-13)20(3)10-9-18(21)15-5-4-6-16(19)12-15/h4-8,11-12H,9-10H2,1-3H3. The van der Waals surface area contributed by atoms with Crippen LogP contribution in [0.3, 0.4) is 0 Å². The lowest BCUT2D eigenvalue weighted by Gasteiger charge is -2.21. The maximum atomic E-state index is 12.2. The van der Waals surface area contributed by atoms with Crippen LogP contribution in [0.15, 0.2) is 46.9 Å². The SMILES string of the molecule is Cc1ccc(N(C)CCC(=O)c2cccc(Br)c2)c(C)c1. The van der Waals surface area contributed by atoms with Crippen LogP contribution in [0, 0.1) is 13.8 Å². The van der Waals surface area contributed by atoms with Crippen molar-refractivity contribution in [2.24, 2.45) is 0 Å². The van der Waals surface area contributed by atoms with Crippen molar-refractivity contribution in [3.63, 3.8) is 0 Å². The molecule has 2 aromatic carbocycles. The van der Waals surface area contributed by atoms with Gasteiger partial charge in [0, 0.05) is 35.7 Å². The molecular formula is C18H20BrNO. The van der Waals surface area contributed by atoms with Crippen molar-refractivity contribution < 1.29 is 4.79 Å². The third kappa shape index (κ3) is 4.18. The summed E-state index contributed by atoms with van der Waals surface area (Å²) in [7, 11) is 2.03. The van der Waals surface area contributed by atoms with Crippen LogP contribution < -0.4 is 4.90 Å². The van der Waals surface area contributed by atoms with Crippen molar-refractivity contribution in [1.29, 1.82) is 0 Å². The van der Waals surface area contributed by atoms with E-state index in [2.05, 4.69) is 52.9 Å². The number of aryl methyl sites for hydroxylation is 2. The van der Waals surface area contributed by atoms with Gasteiger partial charge in [-0.25, -0.2) is 0 Å². The van der Waals surface area contributed by atoms with E-state index in [-0.39, 0.29) is 5.78 Å². The van der Waals surface area contributed by atoms with Gasteiger partial charge >= 0.3 is 0 Å². The van der Waals surface area contributed by atoms with Crippen molar-refractivity contribution in [2.75, 3.05) is 18.5 Å². The van der Waals surface area contributed by atoms with Crippen molar-refractivity contribution in [3.8, 4) is 0 Å². The number of carbonyl (C=O) groups is 1. The number of rotatable bonds is 5. The van der Waals surface area contributed by atoms with Crippen molar-refractivity contribution in [1.82, 2.24) is 0 Å². The number of hydrogen-bond acceptors (Lipinski definition) is 2. The maximum Gasteiger partial charge on any atom is 0.164 e. The zero-order chi connectivity index (χ0) is 15.4. The van der Waals surface area contributed by atoms with E-state index >= 15 is 0 Å². The van der Waals surface area contributed by atoms with E-state index in [9.17, 15) is 4.79 Å². The zero-order valence-corrected chi connectivity index (χ0v) is 14.3. The second-order valence-electron chi connectivity index (χ2n) is 5.40. The van der Waals surface area contributed by atoms with Crippen LogP contribution in [0.2, 0.25) is 0 Å². The number of anilines is 1.